The van der Waals surface area contributed by atoms with E-state index in [2.05, 4.69) is 25.0 Å². The van der Waals surface area contributed by atoms with E-state index in [1.165, 1.54) is 0 Å². The molecule has 0 spiro atoms. The Morgan fingerprint density at radius 2 is 2.27 bits per heavy atom. The number of allylic oxidation sites excluding steroid dienone is 1. The molecule has 0 amide bonds. The van der Waals surface area contributed by atoms with Crippen LogP contribution in [0, 0.1) is 6.26 Å². The molecule has 0 aromatic heterocycles. The highest BCUT2D eigenvalue weighted by molar-refractivity contribution is 5.03. The molecule has 61 valence electrons. The van der Waals surface area contributed by atoms with Crippen LogP contribution in [-0.2, 0) is 4.74 Å². The van der Waals surface area contributed by atoms with Gasteiger partial charge in [0.25, 0.3) is 0 Å². The first kappa shape index (κ1) is 8.18. The average Bonchev–Trinajstić information content (AvgIpc) is 2.09. The second-order valence-electron chi connectivity index (χ2n) is 2.41. The molecule has 0 atom stereocenters. The van der Waals surface area contributed by atoms with Gasteiger partial charge in [0.1, 0.15) is 0 Å². The Labute approximate surface area is 68.1 Å². The van der Waals surface area contributed by atoms with E-state index >= 15 is 0 Å². The molecular weight excluding hydrogens is 138 g/mol. The van der Waals surface area contributed by atoms with E-state index in [9.17, 15) is 0 Å². The fourth-order valence-electron chi connectivity index (χ4n) is 1.15. The largest absolute Gasteiger partial charge is 0.459 e. The summed E-state index contributed by atoms with van der Waals surface area (Å²) in [6.45, 7) is 6.32. The van der Waals surface area contributed by atoms with Gasteiger partial charge in [-0.2, -0.15) is 0 Å². The quantitative estimate of drug-likeness (QED) is 0.612. The lowest BCUT2D eigenvalue weighted by Crippen LogP contribution is -2.22. The van der Waals surface area contributed by atoms with Crippen molar-refractivity contribution in [3.8, 4) is 0 Å². The molecule has 11 heavy (non-hydrogen) atoms. The zero-order valence-corrected chi connectivity index (χ0v) is 7.13. The van der Waals surface area contributed by atoms with Crippen molar-refractivity contribution in [3.05, 3.63) is 24.3 Å². The number of ether oxygens (including phenoxy) is 1. The first-order valence-electron chi connectivity index (χ1n) is 4.06. The van der Waals surface area contributed by atoms with E-state index in [1.807, 2.05) is 6.08 Å². The van der Waals surface area contributed by atoms with Crippen molar-refractivity contribution >= 4 is 0 Å². The van der Waals surface area contributed by atoms with Crippen molar-refractivity contribution in [1.82, 2.24) is 4.90 Å². The molecule has 0 saturated heterocycles. The summed E-state index contributed by atoms with van der Waals surface area (Å²) in [4.78, 5) is 2.24. The maximum absolute atomic E-state index is 4.96. The third kappa shape index (κ3) is 2.00. The van der Waals surface area contributed by atoms with Crippen LogP contribution in [0.25, 0.3) is 0 Å². The van der Waals surface area contributed by atoms with E-state index < -0.39 is 0 Å². The van der Waals surface area contributed by atoms with Gasteiger partial charge in [0.2, 0.25) is 0 Å². The topological polar surface area (TPSA) is 12.5 Å². The van der Waals surface area contributed by atoms with Gasteiger partial charge in [-0.15, -0.1) is 0 Å². The standard InChI is InChI=1S/C9H14NO/c1-3-10(4-2)9-6-5-7-11-8-9/h5,7H,3-4,6H2,1-2H3. The predicted molar refractivity (Wildman–Crippen MR) is 44.5 cm³/mol. The van der Waals surface area contributed by atoms with Crippen LogP contribution in [0.15, 0.2) is 18.0 Å². The first-order valence-corrected chi connectivity index (χ1v) is 4.06. The third-order valence-electron chi connectivity index (χ3n) is 1.80. The molecule has 2 nitrogen and oxygen atoms in total. The van der Waals surface area contributed by atoms with E-state index in [0.29, 0.717) is 0 Å². The fraction of sp³-hybridized carbons (Fsp3) is 0.556. The van der Waals surface area contributed by atoms with Crippen LogP contribution in [0.5, 0.6) is 0 Å². The average molecular weight is 152 g/mol. The normalized spacial score (nSPS) is 15.6. The van der Waals surface area contributed by atoms with E-state index in [4.69, 9.17) is 4.74 Å². The zero-order chi connectivity index (χ0) is 8.10. The molecule has 1 aliphatic rings. The van der Waals surface area contributed by atoms with Crippen LogP contribution >= 0.6 is 0 Å². The van der Waals surface area contributed by atoms with Gasteiger partial charge < -0.3 is 9.64 Å². The highest BCUT2D eigenvalue weighted by atomic mass is 16.5. The summed E-state index contributed by atoms with van der Waals surface area (Å²) in [6.07, 6.45) is 7.50. The Morgan fingerprint density at radius 3 is 2.73 bits per heavy atom. The second-order valence-corrected chi connectivity index (χ2v) is 2.41. The van der Waals surface area contributed by atoms with Gasteiger partial charge >= 0.3 is 0 Å². The van der Waals surface area contributed by atoms with Crippen molar-refractivity contribution in [3.63, 3.8) is 0 Å². The van der Waals surface area contributed by atoms with Crippen LogP contribution in [-0.4, -0.2) is 18.0 Å². The molecule has 0 unspecified atom stereocenters. The molecule has 0 aromatic rings. The predicted octanol–water partition coefficient (Wildman–Crippen LogP) is 1.91. The molecule has 1 aliphatic heterocycles. The van der Waals surface area contributed by atoms with Gasteiger partial charge in [0, 0.05) is 19.5 Å². The van der Waals surface area contributed by atoms with Gasteiger partial charge in [-0.25, -0.2) is 0 Å². The fourth-order valence-corrected chi connectivity index (χ4v) is 1.15. The molecule has 1 radical (unpaired) electrons. The second kappa shape index (κ2) is 4.06. The van der Waals surface area contributed by atoms with Crippen LogP contribution in [0.2, 0.25) is 0 Å². The smallest absolute Gasteiger partial charge is 0.190 e. The van der Waals surface area contributed by atoms with Crippen molar-refractivity contribution in [2.45, 2.75) is 20.3 Å². The molecule has 1 rings (SSSR count). The molecule has 0 N–H and O–H groups in total. The highest BCUT2D eigenvalue weighted by Gasteiger charge is 2.06. The Morgan fingerprint density at radius 1 is 1.55 bits per heavy atom. The number of hydrogen-bond donors (Lipinski definition) is 0. The summed E-state index contributed by atoms with van der Waals surface area (Å²) in [7, 11) is 0. The van der Waals surface area contributed by atoms with Crippen molar-refractivity contribution in [1.29, 1.82) is 0 Å². The Bertz CT molecular complexity index is 168. The van der Waals surface area contributed by atoms with E-state index in [1.54, 1.807) is 6.26 Å². The maximum Gasteiger partial charge on any atom is 0.190 e. The van der Waals surface area contributed by atoms with Gasteiger partial charge in [0.15, 0.2) is 6.26 Å². The van der Waals surface area contributed by atoms with E-state index in [0.717, 1.165) is 25.2 Å². The minimum atomic E-state index is 0.946. The minimum Gasteiger partial charge on any atom is -0.459 e. The highest BCUT2D eigenvalue weighted by Crippen LogP contribution is 2.12. The summed E-state index contributed by atoms with van der Waals surface area (Å²) in [5.41, 5.74) is 1.15. The van der Waals surface area contributed by atoms with Crippen LogP contribution in [0.1, 0.15) is 20.3 Å². The molecule has 2 heteroatoms. The summed E-state index contributed by atoms with van der Waals surface area (Å²) >= 11 is 0. The Hall–Kier alpha value is -0.920. The lowest BCUT2D eigenvalue weighted by molar-refractivity contribution is 0.299. The molecule has 0 aromatic carbocycles. The summed E-state index contributed by atoms with van der Waals surface area (Å²) in [5, 5.41) is 0. The number of rotatable bonds is 3. The van der Waals surface area contributed by atoms with Crippen molar-refractivity contribution < 1.29 is 4.74 Å². The zero-order valence-electron chi connectivity index (χ0n) is 7.13. The molecule has 0 bridgehead atoms. The van der Waals surface area contributed by atoms with Crippen LogP contribution in [0.4, 0.5) is 0 Å². The van der Waals surface area contributed by atoms with Crippen LogP contribution < -0.4 is 0 Å². The van der Waals surface area contributed by atoms with Gasteiger partial charge in [-0.1, -0.05) is 0 Å². The monoisotopic (exact) mass is 152 g/mol. The molecular formula is C9H14NO. The van der Waals surface area contributed by atoms with Gasteiger partial charge in [0.05, 0.1) is 12.0 Å². The summed E-state index contributed by atoms with van der Waals surface area (Å²) < 4.78 is 4.96. The van der Waals surface area contributed by atoms with E-state index in [-0.39, 0.29) is 0 Å². The summed E-state index contributed by atoms with van der Waals surface area (Å²) in [6, 6.07) is 0. The summed E-state index contributed by atoms with van der Waals surface area (Å²) in [5.74, 6) is 0. The number of nitrogens with zero attached hydrogens (tertiary/aromatic N) is 1. The third-order valence-corrected chi connectivity index (χ3v) is 1.80. The van der Waals surface area contributed by atoms with Crippen LogP contribution in [0.3, 0.4) is 0 Å². The van der Waals surface area contributed by atoms with Gasteiger partial charge in [-0.3, -0.25) is 0 Å². The lowest BCUT2D eigenvalue weighted by Gasteiger charge is -2.23. The van der Waals surface area contributed by atoms with Crippen molar-refractivity contribution in [2.75, 3.05) is 13.1 Å². The molecule has 0 fully saturated rings. The van der Waals surface area contributed by atoms with Crippen molar-refractivity contribution in [2.24, 2.45) is 0 Å². The molecule has 0 saturated carbocycles. The molecule has 0 aliphatic carbocycles. The Kier molecular flexibility index (Phi) is 3.02. The Balaban J connectivity index is 2.50. The SMILES string of the molecule is CCN(CC)C1=[C]OC=CC1. The lowest BCUT2D eigenvalue weighted by atomic mass is 10.2. The first-order chi connectivity index (χ1) is 5.38. The number of hydrogen-bond acceptors (Lipinski definition) is 2. The molecule has 1 heterocycles. The maximum atomic E-state index is 4.96. The minimum absolute atomic E-state index is 0.946. The van der Waals surface area contributed by atoms with Gasteiger partial charge in [-0.05, 0) is 19.9 Å².